The number of carbonyl (C=O) groups excluding carboxylic acids is 1. The maximum absolute atomic E-state index is 12.8. The number of nitrogens with two attached hydrogens (primary N) is 1. The van der Waals surface area contributed by atoms with E-state index >= 15 is 0 Å². The van der Waals surface area contributed by atoms with E-state index in [1.807, 2.05) is 0 Å². The number of carbonyl (C=O) groups is 1. The molecule has 0 aliphatic rings. The SMILES string of the molecule is NC(=O)c1cc(Cl)ccc1OCc1ncccc1C(F)(F)F. The predicted molar refractivity (Wildman–Crippen MR) is 73.5 cm³/mol. The molecule has 1 amide bonds. The molecule has 0 bridgehead atoms. The topological polar surface area (TPSA) is 65.2 Å². The van der Waals surface area contributed by atoms with Gasteiger partial charge in [0.25, 0.3) is 5.91 Å². The Labute approximate surface area is 128 Å². The third-order valence-electron chi connectivity index (χ3n) is 2.77. The van der Waals surface area contributed by atoms with E-state index in [4.69, 9.17) is 22.1 Å². The van der Waals surface area contributed by atoms with Crippen molar-refractivity contribution in [1.29, 1.82) is 0 Å². The first-order valence-corrected chi connectivity index (χ1v) is 6.40. The summed E-state index contributed by atoms with van der Waals surface area (Å²) in [4.78, 5) is 15.0. The smallest absolute Gasteiger partial charge is 0.418 e. The van der Waals surface area contributed by atoms with E-state index in [0.717, 1.165) is 6.07 Å². The highest BCUT2D eigenvalue weighted by molar-refractivity contribution is 6.31. The summed E-state index contributed by atoms with van der Waals surface area (Å²) in [5, 5.41) is 0.259. The fourth-order valence-corrected chi connectivity index (χ4v) is 1.95. The summed E-state index contributed by atoms with van der Waals surface area (Å²) in [5.41, 5.74) is 3.97. The summed E-state index contributed by atoms with van der Waals surface area (Å²) in [7, 11) is 0. The van der Waals surface area contributed by atoms with Crippen LogP contribution in [0.4, 0.5) is 13.2 Å². The zero-order chi connectivity index (χ0) is 16.3. The highest BCUT2D eigenvalue weighted by Gasteiger charge is 2.34. The Kier molecular flexibility index (Phi) is 4.56. The van der Waals surface area contributed by atoms with E-state index in [1.165, 1.54) is 30.5 Å². The summed E-state index contributed by atoms with van der Waals surface area (Å²) >= 11 is 5.74. The van der Waals surface area contributed by atoms with Gasteiger partial charge in [-0.3, -0.25) is 9.78 Å². The van der Waals surface area contributed by atoms with Gasteiger partial charge in [0.15, 0.2) is 0 Å². The first-order chi connectivity index (χ1) is 10.3. The lowest BCUT2D eigenvalue weighted by atomic mass is 10.2. The fourth-order valence-electron chi connectivity index (χ4n) is 1.78. The second-order valence-corrected chi connectivity index (χ2v) is 4.73. The van der Waals surface area contributed by atoms with Crippen LogP contribution in [0.1, 0.15) is 21.6 Å². The normalized spacial score (nSPS) is 11.3. The van der Waals surface area contributed by atoms with Gasteiger partial charge >= 0.3 is 6.18 Å². The first kappa shape index (κ1) is 16.1. The van der Waals surface area contributed by atoms with Crippen molar-refractivity contribution < 1.29 is 22.7 Å². The maximum atomic E-state index is 12.8. The number of hydrogen-bond donors (Lipinski definition) is 1. The molecule has 0 saturated heterocycles. The minimum Gasteiger partial charge on any atom is -0.486 e. The van der Waals surface area contributed by atoms with E-state index in [2.05, 4.69) is 4.98 Å². The summed E-state index contributed by atoms with van der Waals surface area (Å²) in [6.07, 6.45) is -3.32. The average molecular weight is 331 g/mol. The van der Waals surface area contributed by atoms with Gasteiger partial charge < -0.3 is 10.5 Å². The van der Waals surface area contributed by atoms with Crippen LogP contribution in [0, 0.1) is 0 Å². The van der Waals surface area contributed by atoms with Crippen LogP contribution in [0.5, 0.6) is 5.75 Å². The third kappa shape index (κ3) is 3.67. The molecule has 2 N–H and O–H groups in total. The molecule has 4 nitrogen and oxygen atoms in total. The summed E-state index contributed by atoms with van der Waals surface area (Å²) in [6, 6.07) is 6.17. The highest BCUT2D eigenvalue weighted by Crippen LogP contribution is 2.32. The molecule has 2 aromatic rings. The lowest BCUT2D eigenvalue weighted by Crippen LogP contribution is -2.15. The van der Waals surface area contributed by atoms with Crippen LogP contribution in [-0.2, 0) is 12.8 Å². The van der Waals surface area contributed by atoms with Crippen LogP contribution < -0.4 is 10.5 Å². The van der Waals surface area contributed by atoms with Crippen molar-refractivity contribution in [2.24, 2.45) is 5.73 Å². The Morgan fingerprint density at radius 1 is 1.32 bits per heavy atom. The number of aromatic nitrogens is 1. The van der Waals surface area contributed by atoms with E-state index in [0.29, 0.717) is 0 Å². The van der Waals surface area contributed by atoms with Crippen LogP contribution in [0.15, 0.2) is 36.5 Å². The zero-order valence-corrected chi connectivity index (χ0v) is 11.8. The number of hydrogen-bond acceptors (Lipinski definition) is 3. The van der Waals surface area contributed by atoms with Crippen molar-refractivity contribution in [2.75, 3.05) is 0 Å². The van der Waals surface area contributed by atoms with Gasteiger partial charge in [0.2, 0.25) is 0 Å². The predicted octanol–water partition coefficient (Wildman–Crippen LogP) is 3.43. The third-order valence-corrected chi connectivity index (χ3v) is 3.00. The van der Waals surface area contributed by atoms with Crippen LogP contribution in [0.2, 0.25) is 5.02 Å². The van der Waals surface area contributed by atoms with E-state index in [-0.39, 0.29) is 22.0 Å². The zero-order valence-electron chi connectivity index (χ0n) is 11.0. The molecule has 0 unspecified atom stereocenters. The summed E-state index contributed by atoms with van der Waals surface area (Å²) in [6.45, 7) is -0.461. The molecule has 0 saturated carbocycles. The number of amides is 1. The molecule has 1 heterocycles. The number of benzene rings is 1. The fraction of sp³-hybridized carbons (Fsp3) is 0.143. The van der Waals surface area contributed by atoms with Crippen molar-refractivity contribution in [1.82, 2.24) is 4.98 Å². The molecule has 0 aliphatic heterocycles. The quantitative estimate of drug-likeness (QED) is 0.934. The average Bonchev–Trinajstić information content (AvgIpc) is 2.45. The number of pyridine rings is 1. The number of nitrogens with zero attached hydrogens (tertiary/aromatic N) is 1. The van der Waals surface area contributed by atoms with Crippen LogP contribution in [-0.4, -0.2) is 10.9 Å². The van der Waals surface area contributed by atoms with Gasteiger partial charge in [0, 0.05) is 11.2 Å². The molecule has 8 heteroatoms. The molecule has 1 aromatic carbocycles. The monoisotopic (exact) mass is 330 g/mol. The van der Waals surface area contributed by atoms with Gasteiger partial charge in [-0.25, -0.2) is 0 Å². The number of alkyl halides is 3. The van der Waals surface area contributed by atoms with E-state index < -0.39 is 24.3 Å². The van der Waals surface area contributed by atoms with Gasteiger partial charge in [-0.2, -0.15) is 13.2 Å². The lowest BCUT2D eigenvalue weighted by molar-refractivity contribution is -0.138. The largest absolute Gasteiger partial charge is 0.486 e. The van der Waals surface area contributed by atoms with Crippen molar-refractivity contribution in [3.8, 4) is 5.75 Å². The van der Waals surface area contributed by atoms with Gasteiger partial charge in [-0.05, 0) is 30.3 Å². The highest BCUT2D eigenvalue weighted by atomic mass is 35.5. The molecule has 116 valence electrons. The Balaban J connectivity index is 2.27. The van der Waals surface area contributed by atoms with Crippen molar-refractivity contribution >= 4 is 17.5 Å². The van der Waals surface area contributed by atoms with Gasteiger partial charge in [-0.15, -0.1) is 0 Å². The Hall–Kier alpha value is -2.28. The standard InChI is InChI=1S/C14H10ClF3N2O2/c15-8-3-4-12(9(6-8)13(19)21)22-7-11-10(14(16,17)18)2-1-5-20-11/h1-6H,7H2,(H2,19,21). The van der Waals surface area contributed by atoms with Crippen molar-refractivity contribution in [3.63, 3.8) is 0 Å². The van der Waals surface area contributed by atoms with E-state index in [1.54, 1.807) is 0 Å². The lowest BCUT2D eigenvalue weighted by Gasteiger charge is -2.13. The minimum absolute atomic E-state index is 0.0167. The molecule has 0 fully saturated rings. The Morgan fingerprint density at radius 3 is 2.68 bits per heavy atom. The number of ether oxygens (including phenoxy) is 1. The second kappa shape index (κ2) is 6.23. The molecule has 2 rings (SSSR count). The Bertz CT molecular complexity index is 705. The van der Waals surface area contributed by atoms with Crippen LogP contribution in [0.3, 0.4) is 0 Å². The van der Waals surface area contributed by atoms with Gasteiger partial charge in [-0.1, -0.05) is 11.6 Å². The molecule has 1 aromatic heterocycles. The molecule has 0 radical (unpaired) electrons. The van der Waals surface area contributed by atoms with Gasteiger partial charge in [0.1, 0.15) is 12.4 Å². The number of rotatable bonds is 4. The Morgan fingerprint density at radius 2 is 2.05 bits per heavy atom. The molecule has 0 spiro atoms. The summed E-state index contributed by atoms with van der Waals surface area (Å²) in [5.74, 6) is -0.759. The number of halogens is 4. The minimum atomic E-state index is -4.54. The molecule has 0 atom stereocenters. The first-order valence-electron chi connectivity index (χ1n) is 6.02. The van der Waals surface area contributed by atoms with Gasteiger partial charge in [0.05, 0.1) is 16.8 Å². The van der Waals surface area contributed by atoms with Crippen molar-refractivity contribution in [2.45, 2.75) is 12.8 Å². The molecular formula is C14H10ClF3N2O2. The summed E-state index contributed by atoms with van der Waals surface area (Å²) < 4.78 is 43.8. The van der Waals surface area contributed by atoms with Crippen LogP contribution >= 0.6 is 11.6 Å². The molecular weight excluding hydrogens is 321 g/mol. The maximum Gasteiger partial charge on any atom is 0.418 e. The second-order valence-electron chi connectivity index (χ2n) is 4.29. The van der Waals surface area contributed by atoms with E-state index in [9.17, 15) is 18.0 Å². The molecule has 22 heavy (non-hydrogen) atoms. The van der Waals surface area contributed by atoms with Crippen LogP contribution in [0.25, 0.3) is 0 Å². The molecule has 0 aliphatic carbocycles. The van der Waals surface area contributed by atoms with Crippen molar-refractivity contribution in [3.05, 3.63) is 58.4 Å². The number of primary amides is 1.